The summed E-state index contributed by atoms with van der Waals surface area (Å²) in [4.78, 5) is 0. The van der Waals surface area contributed by atoms with Crippen molar-refractivity contribution < 1.29 is 4.42 Å². The Bertz CT molecular complexity index is 976. The first kappa shape index (κ1) is 15.0. The normalized spacial score (nSPS) is 12.3. The molecule has 0 saturated heterocycles. The number of nitrogens with zero attached hydrogens (tertiary/aromatic N) is 1. The van der Waals surface area contributed by atoms with E-state index in [2.05, 4.69) is 55.7 Å². The molecule has 3 nitrogen and oxygen atoms in total. The Labute approximate surface area is 142 Å². The van der Waals surface area contributed by atoms with E-state index in [1.54, 1.807) is 0 Å². The van der Waals surface area contributed by atoms with Gasteiger partial charge in [0.05, 0.1) is 6.07 Å². The molecule has 122 valence electrons. The van der Waals surface area contributed by atoms with Gasteiger partial charge in [0, 0.05) is 34.9 Å². The van der Waals surface area contributed by atoms with E-state index in [9.17, 15) is 0 Å². The van der Waals surface area contributed by atoms with Gasteiger partial charge in [0.2, 0.25) is 5.36 Å². The Morgan fingerprint density at radius 3 is 2.54 bits per heavy atom. The number of fused-ring (bicyclic) bond motifs is 4. The second-order valence-electron chi connectivity index (χ2n) is 6.48. The molecule has 3 heteroatoms. The Morgan fingerprint density at radius 1 is 1.04 bits per heavy atom. The maximum Gasteiger partial charge on any atom is 0.203 e. The van der Waals surface area contributed by atoms with E-state index in [0.717, 1.165) is 36.7 Å². The van der Waals surface area contributed by atoms with Gasteiger partial charge in [-0.3, -0.25) is 0 Å². The maximum absolute atomic E-state index is 6.36. The molecule has 1 heterocycles. The molecular formula is C21H23N2O+. The van der Waals surface area contributed by atoms with Crippen molar-refractivity contribution in [2.75, 3.05) is 18.8 Å². The standard InChI is InChI=1S/C21H22N2O/c1-4-23(5-2)16-7-9-17-13(3)19-11-14-10-15(22)6-8-18(14)21(19)24-20(17)12-16/h6-10,12,22H,4-5,11H2,1-3H3/p+1. The highest BCUT2D eigenvalue weighted by Crippen LogP contribution is 2.43. The highest BCUT2D eigenvalue weighted by Gasteiger charge is 2.26. The van der Waals surface area contributed by atoms with Crippen molar-refractivity contribution in [1.82, 2.24) is 4.58 Å². The Hall–Kier alpha value is -2.55. The smallest absolute Gasteiger partial charge is 0.203 e. The molecule has 3 aliphatic rings. The summed E-state index contributed by atoms with van der Waals surface area (Å²) < 4.78 is 8.70. The number of rotatable bonds is 2. The fourth-order valence-electron chi connectivity index (χ4n) is 3.80. The maximum atomic E-state index is 6.36. The first-order valence-corrected chi connectivity index (χ1v) is 8.65. The molecule has 24 heavy (non-hydrogen) atoms. The minimum absolute atomic E-state index is 0.813. The van der Waals surface area contributed by atoms with Crippen LogP contribution >= 0.6 is 0 Å². The molecule has 0 spiro atoms. The minimum atomic E-state index is 0.813. The Balaban J connectivity index is 2.00. The Morgan fingerprint density at radius 2 is 1.79 bits per heavy atom. The molecule has 0 aromatic heterocycles. The van der Waals surface area contributed by atoms with E-state index in [-0.39, 0.29) is 0 Å². The van der Waals surface area contributed by atoms with Crippen molar-refractivity contribution in [1.29, 1.82) is 0 Å². The number of hydrogen-bond acceptors (Lipinski definition) is 2. The molecule has 2 aliphatic carbocycles. The molecule has 0 radical (unpaired) electrons. The van der Waals surface area contributed by atoms with Gasteiger partial charge in [-0.1, -0.05) is 0 Å². The average Bonchev–Trinajstić information content (AvgIpc) is 2.94. The molecule has 1 aliphatic heterocycles. The van der Waals surface area contributed by atoms with Crippen LogP contribution in [0.25, 0.3) is 22.6 Å². The third kappa shape index (κ3) is 2.15. The summed E-state index contributed by atoms with van der Waals surface area (Å²) in [6.07, 6.45) is 0.902. The largest absolute Gasteiger partial charge is 0.456 e. The predicted octanol–water partition coefficient (Wildman–Crippen LogP) is 3.66. The van der Waals surface area contributed by atoms with Crippen LogP contribution < -0.4 is 15.7 Å². The molecule has 0 atom stereocenters. The summed E-state index contributed by atoms with van der Waals surface area (Å²) in [6.45, 7) is 8.55. The van der Waals surface area contributed by atoms with Crippen LogP contribution in [0.5, 0.6) is 0 Å². The second-order valence-corrected chi connectivity index (χ2v) is 6.48. The summed E-state index contributed by atoms with van der Waals surface area (Å²) >= 11 is 0. The quantitative estimate of drug-likeness (QED) is 0.452. The minimum Gasteiger partial charge on any atom is -0.456 e. The van der Waals surface area contributed by atoms with Crippen LogP contribution in [0.2, 0.25) is 0 Å². The van der Waals surface area contributed by atoms with Crippen molar-refractivity contribution in [3.05, 3.63) is 58.4 Å². The average molecular weight is 319 g/mol. The second kappa shape index (κ2) is 5.52. The zero-order chi connectivity index (χ0) is 16.8. The third-order valence-electron chi connectivity index (χ3n) is 5.18. The van der Waals surface area contributed by atoms with Gasteiger partial charge in [-0.25, -0.2) is 4.58 Å². The van der Waals surface area contributed by atoms with Crippen LogP contribution in [0.4, 0.5) is 5.69 Å². The SMILES string of the molecule is CC[N+](CC)=c1ccc2c(C)c3c(oc-2c1)-c1ccc(N)cc1C3. The lowest BCUT2D eigenvalue weighted by Crippen LogP contribution is -2.29. The molecule has 2 N–H and O–H groups in total. The lowest BCUT2D eigenvalue weighted by atomic mass is 9.99. The summed E-state index contributed by atoms with van der Waals surface area (Å²) in [6, 6.07) is 12.7. The van der Waals surface area contributed by atoms with Gasteiger partial charge in [-0.15, -0.1) is 0 Å². The van der Waals surface area contributed by atoms with Crippen LogP contribution in [0.1, 0.15) is 30.5 Å². The predicted molar refractivity (Wildman–Crippen MR) is 99.1 cm³/mol. The number of anilines is 1. The molecule has 0 saturated carbocycles. The summed E-state index contributed by atoms with van der Waals surface area (Å²) in [7, 11) is 0. The molecule has 4 rings (SSSR count). The van der Waals surface area contributed by atoms with Crippen molar-refractivity contribution in [2.24, 2.45) is 0 Å². The number of hydrogen-bond donors (Lipinski definition) is 1. The zero-order valence-electron chi connectivity index (χ0n) is 14.5. The van der Waals surface area contributed by atoms with Crippen LogP contribution in [-0.4, -0.2) is 13.1 Å². The number of nitrogen functional groups attached to an aromatic ring is 1. The van der Waals surface area contributed by atoms with Gasteiger partial charge < -0.3 is 10.2 Å². The lowest BCUT2D eigenvalue weighted by Gasteiger charge is -2.13. The van der Waals surface area contributed by atoms with Crippen molar-refractivity contribution >= 4 is 5.69 Å². The van der Waals surface area contributed by atoms with Crippen LogP contribution in [0.3, 0.4) is 0 Å². The van der Waals surface area contributed by atoms with Crippen molar-refractivity contribution in [2.45, 2.75) is 27.2 Å². The summed E-state index contributed by atoms with van der Waals surface area (Å²) in [5.74, 6) is 1.96. The van der Waals surface area contributed by atoms with Gasteiger partial charge in [-0.2, -0.15) is 0 Å². The molecule has 0 fully saturated rings. The topological polar surface area (TPSA) is 42.2 Å². The fourth-order valence-corrected chi connectivity index (χ4v) is 3.80. The van der Waals surface area contributed by atoms with Crippen LogP contribution in [-0.2, 0) is 6.42 Å². The molecule has 1 aromatic rings. The van der Waals surface area contributed by atoms with E-state index in [4.69, 9.17) is 10.2 Å². The highest BCUT2D eigenvalue weighted by atomic mass is 16.3. The monoisotopic (exact) mass is 319 g/mol. The van der Waals surface area contributed by atoms with Gasteiger partial charge in [0.1, 0.15) is 24.6 Å². The zero-order valence-corrected chi connectivity index (χ0v) is 14.5. The van der Waals surface area contributed by atoms with Crippen molar-refractivity contribution in [3.8, 4) is 22.6 Å². The molecular weight excluding hydrogens is 296 g/mol. The highest BCUT2D eigenvalue weighted by molar-refractivity contribution is 5.79. The van der Waals surface area contributed by atoms with Crippen LogP contribution in [0.15, 0.2) is 40.8 Å². The van der Waals surface area contributed by atoms with Gasteiger partial charge >= 0.3 is 0 Å². The Kier molecular flexibility index (Phi) is 3.45. The van der Waals surface area contributed by atoms with Crippen molar-refractivity contribution in [3.63, 3.8) is 0 Å². The first-order chi connectivity index (χ1) is 11.6. The molecule has 1 aromatic carbocycles. The van der Waals surface area contributed by atoms with E-state index in [1.165, 1.54) is 33.2 Å². The lowest BCUT2D eigenvalue weighted by molar-refractivity contribution is 0.571. The summed E-state index contributed by atoms with van der Waals surface area (Å²) in [5, 5.41) is 1.21. The van der Waals surface area contributed by atoms with E-state index in [1.807, 2.05) is 6.07 Å². The van der Waals surface area contributed by atoms with E-state index < -0.39 is 0 Å². The molecule has 0 amide bonds. The van der Waals surface area contributed by atoms with Crippen LogP contribution in [0, 0.1) is 6.92 Å². The van der Waals surface area contributed by atoms with Gasteiger partial charge in [-0.05, 0) is 56.2 Å². The first-order valence-electron chi connectivity index (χ1n) is 8.65. The fraction of sp³-hybridized carbons (Fsp3) is 0.286. The third-order valence-corrected chi connectivity index (χ3v) is 5.18. The van der Waals surface area contributed by atoms with E-state index in [0.29, 0.717) is 0 Å². The van der Waals surface area contributed by atoms with Gasteiger partial charge in [0.15, 0.2) is 0 Å². The number of benzene rings is 2. The summed E-state index contributed by atoms with van der Waals surface area (Å²) in [5.41, 5.74) is 13.0. The molecule has 0 unspecified atom stereocenters. The number of nitrogens with two attached hydrogens (primary N) is 1. The van der Waals surface area contributed by atoms with E-state index >= 15 is 0 Å². The molecule has 0 bridgehead atoms. The van der Waals surface area contributed by atoms with Gasteiger partial charge in [0.25, 0.3) is 0 Å².